The van der Waals surface area contributed by atoms with Crippen LogP contribution >= 0.6 is 11.8 Å². The number of nitrogens with two attached hydrogens (primary N) is 1. The fourth-order valence-electron chi connectivity index (χ4n) is 4.20. The third-order valence-electron chi connectivity index (χ3n) is 5.93. The minimum Gasteiger partial charge on any atom is -0.480 e. The maximum absolute atomic E-state index is 13.2. The summed E-state index contributed by atoms with van der Waals surface area (Å²) in [6, 6.07) is 5.37. The highest BCUT2D eigenvalue weighted by atomic mass is 32.2. The van der Waals surface area contributed by atoms with Crippen LogP contribution in [0.2, 0.25) is 0 Å². The minimum atomic E-state index is -1.17. The smallest absolute Gasteiger partial charge is 0.322 e. The second kappa shape index (κ2) is 11.9. The average molecular weight is 490 g/mol. The molecule has 0 aliphatic carbocycles. The Morgan fingerprint density at radius 1 is 1.29 bits per heavy atom. The van der Waals surface area contributed by atoms with Gasteiger partial charge in [0.05, 0.1) is 6.04 Å². The Labute approximate surface area is 202 Å². The van der Waals surface area contributed by atoms with Gasteiger partial charge in [-0.25, -0.2) is 0 Å². The van der Waals surface area contributed by atoms with E-state index in [1.807, 2.05) is 36.7 Å². The van der Waals surface area contributed by atoms with Crippen molar-refractivity contribution < 1.29 is 24.3 Å². The Hall–Kier alpha value is -3.05. The van der Waals surface area contributed by atoms with Gasteiger partial charge in [0, 0.05) is 23.6 Å². The van der Waals surface area contributed by atoms with Gasteiger partial charge in [-0.2, -0.15) is 11.8 Å². The monoisotopic (exact) mass is 489 g/mol. The summed E-state index contributed by atoms with van der Waals surface area (Å²) in [6.07, 6.45) is 5.53. The number of carboxylic acid groups (broad SMARTS) is 1. The molecule has 11 heteroatoms. The highest BCUT2D eigenvalue weighted by Gasteiger charge is 2.37. The third-order valence-corrected chi connectivity index (χ3v) is 6.57. The molecule has 3 atom stereocenters. The van der Waals surface area contributed by atoms with Gasteiger partial charge >= 0.3 is 5.97 Å². The van der Waals surface area contributed by atoms with Crippen LogP contribution in [0, 0.1) is 0 Å². The molecule has 184 valence electrons. The molecule has 3 amide bonds. The molecule has 10 nitrogen and oxygen atoms in total. The molecule has 2 heterocycles. The first-order valence-electron chi connectivity index (χ1n) is 11.2. The van der Waals surface area contributed by atoms with E-state index in [-0.39, 0.29) is 5.91 Å². The number of nitrogens with zero attached hydrogens (tertiary/aromatic N) is 1. The number of aromatic amines is 1. The number of fused-ring (bicyclic) bond motifs is 1. The van der Waals surface area contributed by atoms with Gasteiger partial charge in [0.15, 0.2) is 0 Å². The number of carboxylic acids is 1. The second-order valence-corrected chi connectivity index (χ2v) is 9.30. The molecule has 3 rings (SSSR count). The number of thioether (sulfide) groups is 1. The van der Waals surface area contributed by atoms with Crippen molar-refractivity contribution in [3.63, 3.8) is 0 Å². The van der Waals surface area contributed by atoms with Gasteiger partial charge in [-0.3, -0.25) is 19.2 Å². The summed E-state index contributed by atoms with van der Waals surface area (Å²) in [4.78, 5) is 54.0. The molecule has 1 saturated heterocycles. The van der Waals surface area contributed by atoms with E-state index in [9.17, 15) is 19.2 Å². The first kappa shape index (κ1) is 25.6. The molecule has 3 unspecified atom stereocenters. The van der Waals surface area contributed by atoms with Crippen LogP contribution in [0.4, 0.5) is 0 Å². The maximum Gasteiger partial charge on any atom is 0.322 e. The van der Waals surface area contributed by atoms with Gasteiger partial charge in [-0.1, -0.05) is 18.2 Å². The Kier molecular flexibility index (Phi) is 8.94. The maximum atomic E-state index is 13.2. The lowest BCUT2D eigenvalue weighted by Crippen LogP contribution is -2.55. The van der Waals surface area contributed by atoms with Crippen molar-refractivity contribution in [1.29, 1.82) is 0 Å². The number of nitrogens with one attached hydrogen (secondary N) is 3. The van der Waals surface area contributed by atoms with Gasteiger partial charge < -0.3 is 31.4 Å². The van der Waals surface area contributed by atoms with Gasteiger partial charge in [-0.15, -0.1) is 0 Å². The van der Waals surface area contributed by atoms with E-state index in [2.05, 4.69) is 15.6 Å². The molecule has 34 heavy (non-hydrogen) atoms. The number of aromatic nitrogens is 1. The number of amides is 3. The molecule has 6 N–H and O–H groups in total. The van der Waals surface area contributed by atoms with Crippen LogP contribution in [0.1, 0.15) is 24.8 Å². The zero-order valence-corrected chi connectivity index (χ0v) is 19.9. The molecule has 0 bridgehead atoms. The molecule has 0 radical (unpaired) electrons. The van der Waals surface area contributed by atoms with Crippen LogP contribution < -0.4 is 16.4 Å². The number of carbonyl (C=O) groups excluding carboxylic acids is 3. The largest absolute Gasteiger partial charge is 0.480 e. The molecule has 1 aliphatic heterocycles. The average Bonchev–Trinajstić information content (AvgIpc) is 3.47. The third kappa shape index (κ3) is 6.29. The molecule has 1 fully saturated rings. The number of likely N-dealkylation sites (tertiary alicyclic amines) is 1. The number of benzene rings is 1. The topological polar surface area (TPSA) is 158 Å². The zero-order chi connectivity index (χ0) is 24.7. The number of rotatable bonds is 11. The van der Waals surface area contributed by atoms with Crippen molar-refractivity contribution in [2.24, 2.45) is 5.73 Å². The summed E-state index contributed by atoms with van der Waals surface area (Å²) in [5.41, 5.74) is 8.17. The zero-order valence-electron chi connectivity index (χ0n) is 19.1. The van der Waals surface area contributed by atoms with E-state index < -0.39 is 42.5 Å². The standard InChI is InChI=1S/C23H31N5O5S/c1-34-10-8-18(21(31)26-13-20(29)30)27-22(32)19-7-4-9-28(19)23(33)16(24)11-14-12-25-17-6-3-2-5-15(14)17/h2-3,5-6,12,16,18-19,25H,4,7-11,13,24H2,1H3,(H,26,31)(H,27,32)(H,29,30). The minimum absolute atomic E-state index is 0.307. The van der Waals surface area contributed by atoms with E-state index in [0.29, 0.717) is 38.0 Å². The van der Waals surface area contributed by atoms with Gasteiger partial charge in [0.25, 0.3) is 0 Å². The highest BCUT2D eigenvalue weighted by Crippen LogP contribution is 2.22. The molecule has 0 saturated carbocycles. The van der Waals surface area contributed by atoms with E-state index >= 15 is 0 Å². The van der Waals surface area contributed by atoms with Crippen LogP contribution in [-0.4, -0.2) is 81.9 Å². The predicted octanol–water partition coefficient (Wildman–Crippen LogP) is 0.467. The SMILES string of the molecule is CSCCC(NC(=O)C1CCCN1C(=O)C(N)Cc1c[nH]c2ccccc12)C(=O)NCC(=O)O. The summed E-state index contributed by atoms with van der Waals surface area (Å²) >= 11 is 1.51. The van der Waals surface area contributed by atoms with Crippen molar-refractivity contribution >= 4 is 46.4 Å². The molecule has 0 spiro atoms. The van der Waals surface area contributed by atoms with Crippen molar-refractivity contribution in [1.82, 2.24) is 20.5 Å². The first-order valence-corrected chi connectivity index (χ1v) is 12.6. The lowest BCUT2D eigenvalue weighted by atomic mass is 10.0. The summed E-state index contributed by atoms with van der Waals surface area (Å²) in [5.74, 6) is -1.86. The molecular weight excluding hydrogens is 458 g/mol. The second-order valence-electron chi connectivity index (χ2n) is 8.31. The van der Waals surface area contributed by atoms with Crippen LogP contribution in [0.15, 0.2) is 30.5 Å². The normalized spacial score (nSPS) is 17.4. The van der Waals surface area contributed by atoms with Crippen LogP contribution in [-0.2, 0) is 25.6 Å². The highest BCUT2D eigenvalue weighted by molar-refractivity contribution is 7.98. The summed E-state index contributed by atoms with van der Waals surface area (Å²) in [5, 5.41) is 14.8. The predicted molar refractivity (Wildman–Crippen MR) is 130 cm³/mol. The summed E-state index contributed by atoms with van der Waals surface area (Å²) in [6.45, 7) is -0.111. The van der Waals surface area contributed by atoms with E-state index in [1.54, 1.807) is 0 Å². The van der Waals surface area contributed by atoms with Gasteiger partial charge in [-0.05, 0) is 49.3 Å². The lowest BCUT2D eigenvalue weighted by Gasteiger charge is -2.28. The first-order chi connectivity index (χ1) is 16.3. The molecule has 1 aliphatic rings. The van der Waals surface area contributed by atoms with Crippen molar-refractivity contribution in [2.75, 3.05) is 25.1 Å². The summed E-state index contributed by atoms with van der Waals surface area (Å²) < 4.78 is 0. The fourth-order valence-corrected chi connectivity index (χ4v) is 4.67. The van der Waals surface area contributed by atoms with Crippen LogP contribution in [0.25, 0.3) is 10.9 Å². The van der Waals surface area contributed by atoms with E-state index in [1.165, 1.54) is 16.7 Å². The van der Waals surface area contributed by atoms with Crippen LogP contribution in [0.5, 0.6) is 0 Å². The molecule has 1 aromatic carbocycles. The van der Waals surface area contributed by atoms with E-state index in [4.69, 9.17) is 10.8 Å². The number of hydrogen-bond donors (Lipinski definition) is 5. The summed E-state index contributed by atoms with van der Waals surface area (Å²) in [7, 11) is 0. The molecule has 2 aromatic rings. The molecular formula is C23H31N5O5S. The number of aliphatic carboxylic acids is 1. The molecule has 1 aromatic heterocycles. The van der Waals surface area contributed by atoms with Gasteiger partial charge in [0.2, 0.25) is 17.7 Å². The van der Waals surface area contributed by atoms with Crippen molar-refractivity contribution in [3.05, 3.63) is 36.0 Å². The number of hydrogen-bond acceptors (Lipinski definition) is 6. The van der Waals surface area contributed by atoms with Gasteiger partial charge in [0.1, 0.15) is 18.6 Å². The Bertz CT molecular complexity index is 1040. The lowest BCUT2D eigenvalue weighted by molar-refractivity contribution is -0.141. The Balaban J connectivity index is 1.64. The fraction of sp³-hybridized carbons (Fsp3) is 0.478. The number of carbonyl (C=O) groups is 4. The van der Waals surface area contributed by atoms with Crippen molar-refractivity contribution in [2.45, 2.75) is 43.8 Å². The van der Waals surface area contributed by atoms with E-state index in [0.717, 1.165) is 16.5 Å². The Morgan fingerprint density at radius 3 is 2.79 bits per heavy atom. The van der Waals surface area contributed by atoms with Crippen LogP contribution in [0.3, 0.4) is 0 Å². The number of H-pyrrole nitrogens is 1. The van der Waals surface area contributed by atoms with Crippen molar-refractivity contribution in [3.8, 4) is 0 Å². The number of para-hydroxylation sites is 1. The quantitative estimate of drug-likeness (QED) is 0.307. The Morgan fingerprint density at radius 2 is 2.06 bits per heavy atom.